The van der Waals surface area contributed by atoms with Crippen LogP contribution in [0.15, 0.2) is 35.3 Å². The normalized spacial score (nSPS) is 17.6. The van der Waals surface area contributed by atoms with E-state index in [-0.39, 0.29) is 36.2 Å². The summed E-state index contributed by atoms with van der Waals surface area (Å²) in [6.07, 6.45) is 5.16. The minimum absolute atomic E-state index is 0.0348. The molecule has 1 heterocycles. The van der Waals surface area contributed by atoms with Crippen LogP contribution in [0.5, 0.6) is 0 Å². The Hall–Kier alpha value is -3.10. The highest BCUT2D eigenvalue weighted by molar-refractivity contribution is 5.86. The summed E-state index contributed by atoms with van der Waals surface area (Å²) in [4.78, 5) is 42.7. The van der Waals surface area contributed by atoms with Crippen molar-refractivity contribution in [3.8, 4) is 0 Å². The van der Waals surface area contributed by atoms with Gasteiger partial charge in [-0.15, -0.1) is 0 Å². The number of nitrogens with zero attached hydrogens (tertiary/aromatic N) is 2. The summed E-state index contributed by atoms with van der Waals surface area (Å²) < 4.78 is 4.75. The van der Waals surface area contributed by atoms with Crippen LogP contribution in [0, 0.1) is 5.92 Å². The van der Waals surface area contributed by atoms with Crippen LogP contribution >= 0.6 is 0 Å². The molecule has 2 rings (SSSR count). The fraction of sp³-hybridized carbons (Fsp3) is 0.583. The Bertz CT molecular complexity index is 795. The first-order valence-electron chi connectivity index (χ1n) is 11.6. The first-order chi connectivity index (χ1) is 15.9. The van der Waals surface area contributed by atoms with Crippen molar-refractivity contribution in [3.63, 3.8) is 0 Å². The fourth-order valence-electron chi connectivity index (χ4n) is 4.11. The number of carbonyl (C=O) groups excluding carboxylic acids is 3. The molecule has 0 aliphatic carbocycles. The molecule has 33 heavy (non-hydrogen) atoms. The Kier molecular flexibility index (Phi) is 11.2. The van der Waals surface area contributed by atoms with E-state index in [0.717, 1.165) is 32.1 Å². The average Bonchev–Trinajstić information content (AvgIpc) is 3.09. The van der Waals surface area contributed by atoms with Gasteiger partial charge in [0, 0.05) is 32.1 Å². The summed E-state index contributed by atoms with van der Waals surface area (Å²) in [7, 11) is 1.33. The van der Waals surface area contributed by atoms with Crippen molar-refractivity contribution >= 4 is 23.7 Å². The molecule has 0 unspecified atom stereocenters. The maximum absolute atomic E-state index is 13.0. The van der Waals surface area contributed by atoms with Gasteiger partial charge in [0.2, 0.25) is 11.8 Å². The van der Waals surface area contributed by atoms with Gasteiger partial charge in [-0.2, -0.15) is 0 Å². The first-order valence-corrected chi connectivity index (χ1v) is 11.6. The zero-order valence-corrected chi connectivity index (χ0v) is 19.5. The van der Waals surface area contributed by atoms with Crippen LogP contribution < -0.4 is 16.8 Å². The van der Waals surface area contributed by atoms with Crippen molar-refractivity contribution in [3.05, 3.63) is 35.9 Å². The molecule has 2 atom stereocenters. The summed E-state index contributed by atoms with van der Waals surface area (Å²) in [5.41, 5.74) is 11.8. The van der Waals surface area contributed by atoms with Crippen LogP contribution in [0.1, 0.15) is 50.5 Å². The van der Waals surface area contributed by atoms with E-state index in [4.69, 9.17) is 16.2 Å². The summed E-state index contributed by atoms with van der Waals surface area (Å²) in [5, 5.41) is 2.96. The standard InChI is InChI=1S/C24H37N5O4/c1-33-22(31)16-19-15-20(17-28-21(30)12-6-3-7-13-27-24(25)26)29(23(19)32)14-8-11-18-9-4-2-5-10-18/h2,4-5,9-10,19-20H,3,6-8,11-17H2,1H3,(H,28,30)(H4,25,26,27)/t19-,20-/m0/s1. The van der Waals surface area contributed by atoms with E-state index in [1.54, 1.807) is 0 Å². The lowest BCUT2D eigenvalue weighted by atomic mass is 10.0. The van der Waals surface area contributed by atoms with Gasteiger partial charge in [0.25, 0.3) is 0 Å². The number of aliphatic imine (C=N–C) groups is 1. The molecule has 0 radical (unpaired) electrons. The van der Waals surface area contributed by atoms with E-state index in [1.165, 1.54) is 12.7 Å². The minimum atomic E-state index is -0.397. The topological polar surface area (TPSA) is 140 Å². The van der Waals surface area contributed by atoms with E-state index < -0.39 is 5.92 Å². The number of amides is 2. The highest BCUT2D eigenvalue weighted by Crippen LogP contribution is 2.28. The smallest absolute Gasteiger partial charge is 0.306 e. The Morgan fingerprint density at radius 1 is 1.15 bits per heavy atom. The van der Waals surface area contributed by atoms with Crippen LogP contribution in [0.2, 0.25) is 0 Å². The van der Waals surface area contributed by atoms with Crippen LogP contribution in [0.3, 0.4) is 0 Å². The van der Waals surface area contributed by atoms with Gasteiger partial charge < -0.3 is 26.4 Å². The van der Waals surface area contributed by atoms with E-state index in [9.17, 15) is 14.4 Å². The number of esters is 1. The fourth-order valence-corrected chi connectivity index (χ4v) is 4.11. The third kappa shape index (κ3) is 9.51. The molecule has 1 aromatic rings. The maximum atomic E-state index is 13.0. The van der Waals surface area contributed by atoms with Gasteiger partial charge in [-0.3, -0.25) is 19.4 Å². The molecule has 9 heteroatoms. The summed E-state index contributed by atoms with van der Waals surface area (Å²) >= 11 is 0. The molecule has 1 aliphatic rings. The molecule has 0 saturated carbocycles. The number of hydrogen-bond acceptors (Lipinski definition) is 5. The van der Waals surface area contributed by atoms with Crippen LogP contribution in [-0.2, 0) is 25.5 Å². The largest absolute Gasteiger partial charge is 0.469 e. The zero-order chi connectivity index (χ0) is 24.1. The van der Waals surface area contributed by atoms with Gasteiger partial charge >= 0.3 is 5.97 Å². The predicted octanol–water partition coefficient (Wildman–Crippen LogP) is 1.35. The quantitative estimate of drug-likeness (QED) is 0.166. The number of ether oxygens (including phenoxy) is 1. The number of carbonyl (C=O) groups is 3. The predicted molar refractivity (Wildman–Crippen MR) is 127 cm³/mol. The molecular weight excluding hydrogens is 422 g/mol. The van der Waals surface area contributed by atoms with Gasteiger partial charge in [0.1, 0.15) is 0 Å². The number of nitrogens with two attached hydrogens (primary N) is 2. The second-order valence-electron chi connectivity index (χ2n) is 8.41. The SMILES string of the molecule is COC(=O)C[C@@H]1C[C@@H](CNC(=O)CCCCCN=C(N)N)N(CCCc2ccccc2)C1=O. The average molecular weight is 460 g/mol. The minimum Gasteiger partial charge on any atom is -0.469 e. The van der Waals surface area contributed by atoms with Crippen molar-refractivity contribution in [2.75, 3.05) is 26.7 Å². The van der Waals surface area contributed by atoms with Crippen LogP contribution in [0.25, 0.3) is 0 Å². The Labute approximate surface area is 195 Å². The van der Waals surface area contributed by atoms with Crippen molar-refractivity contribution in [2.45, 2.75) is 57.4 Å². The third-order valence-corrected chi connectivity index (χ3v) is 5.87. The van der Waals surface area contributed by atoms with Crippen LogP contribution in [-0.4, -0.2) is 61.4 Å². The number of likely N-dealkylation sites (tertiary alicyclic amines) is 1. The number of guanidine groups is 1. The monoisotopic (exact) mass is 459 g/mol. The van der Waals surface area contributed by atoms with E-state index in [1.807, 2.05) is 23.1 Å². The van der Waals surface area contributed by atoms with Crippen molar-refractivity contribution in [1.82, 2.24) is 10.2 Å². The van der Waals surface area contributed by atoms with Gasteiger partial charge in [-0.25, -0.2) is 0 Å². The molecular formula is C24H37N5O4. The second kappa shape index (κ2) is 14.1. The van der Waals surface area contributed by atoms with Crippen molar-refractivity contribution in [1.29, 1.82) is 0 Å². The summed E-state index contributed by atoms with van der Waals surface area (Å²) in [6, 6.07) is 10.0. The van der Waals surface area contributed by atoms with Gasteiger partial charge in [-0.1, -0.05) is 36.8 Å². The number of benzene rings is 1. The van der Waals surface area contributed by atoms with Crippen molar-refractivity contribution in [2.24, 2.45) is 22.4 Å². The molecule has 1 saturated heterocycles. The lowest BCUT2D eigenvalue weighted by Gasteiger charge is -2.25. The molecule has 1 aromatic carbocycles. The second-order valence-corrected chi connectivity index (χ2v) is 8.41. The van der Waals surface area contributed by atoms with E-state index >= 15 is 0 Å². The van der Waals surface area contributed by atoms with Gasteiger partial charge in [-0.05, 0) is 37.7 Å². The number of unbranched alkanes of at least 4 members (excludes halogenated alkanes) is 2. The molecule has 9 nitrogen and oxygen atoms in total. The molecule has 182 valence electrons. The molecule has 5 N–H and O–H groups in total. The molecule has 0 bridgehead atoms. The Balaban J connectivity index is 1.82. The molecule has 0 aromatic heterocycles. The molecule has 1 aliphatic heterocycles. The lowest BCUT2D eigenvalue weighted by Crippen LogP contribution is -2.42. The zero-order valence-electron chi connectivity index (χ0n) is 19.5. The number of hydrogen-bond donors (Lipinski definition) is 3. The maximum Gasteiger partial charge on any atom is 0.306 e. The first kappa shape index (κ1) is 26.2. The Morgan fingerprint density at radius 2 is 1.91 bits per heavy atom. The third-order valence-electron chi connectivity index (χ3n) is 5.87. The van der Waals surface area contributed by atoms with E-state index in [0.29, 0.717) is 32.5 Å². The molecule has 1 fully saturated rings. The number of methoxy groups -OCH3 is 1. The lowest BCUT2D eigenvalue weighted by molar-refractivity contribution is -0.144. The van der Waals surface area contributed by atoms with Crippen LogP contribution in [0.4, 0.5) is 0 Å². The number of aryl methyl sites for hydroxylation is 1. The summed E-state index contributed by atoms with van der Waals surface area (Å²) in [5.74, 6) is -0.773. The molecule has 2 amide bonds. The van der Waals surface area contributed by atoms with E-state index in [2.05, 4.69) is 22.4 Å². The molecule has 0 spiro atoms. The number of rotatable bonds is 14. The highest BCUT2D eigenvalue weighted by Gasteiger charge is 2.40. The Morgan fingerprint density at radius 3 is 2.61 bits per heavy atom. The number of nitrogens with one attached hydrogen (secondary N) is 1. The highest BCUT2D eigenvalue weighted by atomic mass is 16.5. The summed E-state index contributed by atoms with van der Waals surface area (Å²) in [6.45, 7) is 1.55. The van der Waals surface area contributed by atoms with Gasteiger partial charge in [0.05, 0.1) is 19.4 Å². The van der Waals surface area contributed by atoms with Crippen molar-refractivity contribution < 1.29 is 19.1 Å². The van der Waals surface area contributed by atoms with Gasteiger partial charge in [0.15, 0.2) is 5.96 Å².